The number of ether oxygens (including phenoxy) is 2. The van der Waals surface area contributed by atoms with Crippen molar-refractivity contribution in [3.8, 4) is 5.75 Å². The van der Waals surface area contributed by atoms with Crippen LogP contribution in [0.4, 0.5) is 0 Å². The highest BCUT2D eigenvalue weighted by Crippen LogP contribution is 2.43. The highest BCUT2D eigenvalue weighted by molar-refractivity contribution is 6.30. The van der Waals surface area contributed by atoms with Crippen molar-refractivity contribution in [3.63, 3.8) is 0 Å². The van der Waals surface area contributed by atoms with Gasteiger partial charge >= 0.3 is 0 Å². The van der Waals surface area contributed by atoms with Crippen molar-refractivity contribution in [1.82, 2.24) is 5.32 Å². The number of carbonyl (C=O) groups excluding carboxylic acids is 1. The molecule has 0 radical (unpaired) electrons. The zero-order chi connectivity index (χ0) is 31.5. The number of aliphatic imine (C=N–C) groups is 1. The lowest BCUT2D eigenvalue weighted by atomic mass is 9.80. The van der Waals surface area contributed by atoms with Gasteiger partial charge in [0.15, 0.2) is 11.6 Å². The van der Waals surface area contributed by atoms with Crippen molar-refractivity contribution in [2.45, 2.75) is 37.5 Å². The van der Waals surface area contributed by atoms with Gasteiger partial charge in [-0.05, 0) is 70.6 Å². The Hall–Kier alpha value is -4.82. The van der Waals surface area contributed by atoms with Gasteiger partial charge in [-0.2, -0.15) is 0 Å². The van der Waals surface area contributed by atoms with Crippen molar-refractivity contribution in [2.24, 2.45) is 10.1 Å². The zero-order valence-electron chi connectivity index (χ0n) is 24.7. The number of amides is 1. The molecule has 1 aliphatic heterocycles. The van der Waals surface area contributed by atoms with Crippen molar-refractivity contribution < 1.29 is 19.4 Å². The van der Waals surface area contributed by atoms with E-state index < -0.39 is 11.6 Å². The van der Waals surface area contributed by atoms with Crippen LogP contribution in [0.2, 0.25) is 5.02 Å². The predicted molar refractivity (Wildman–Crippen MR) is 174 cm³/mol. The highest BCUT2D eigenvalue weighted by atomic mass is 35.5. The second-order valence-corrected chi connectivity index (χ2v) is 11.1. The minimum atomic E-state index is -1.38. The third-order valence-electron chi connectivity index (χ3n) is 7.58. The molecule has 4 aromatic rings. The van der Waals surface area contributed by atoms with Crippen LogP contribution in [0.15, 0.2) is 113 Å². The Labute approximate surface area is 267 Å². The fourth-order valence-corrected chi connectivity index (χ4v) is 5.59. The van der Waals surface area contributed by atoms with Crippen LogP contribution >= 0.6 is 11.6 Å². The number of azide groups is 1. The van der Waals surface area contributed by atoms with E-state index in [9.17, 15) is 4.79 Å². The van der Waals surface area contributed by atoms with Gasteiger partial charge in [0.2, 0.25) is 5.90 Å². The minimum Gasteiger partial charge on any atom is -0.494 e. The molecule has 0 bridgehead atoms. The second-order valence-electron chi connectivity index (χ2n) is 10.7. The van der Waals surface area contributed by atoms with E-state index in [2.05, 4.69) is 15.3 Å². The Kier molecular flexibility index (Phi) is 10.7. The lowest BCUT2D eigenvalue weighted by Crippen LogP contribution is -2.50. The molecule has 2 atom stereocenters. The average molecular weight is 624 g/mol. The molecule has 1 amide bonds. The van der Waals surface area contributed by atoms with Crippen molar-refractivity contribution in [1.29, 1.82) is 0 Å². The number of nitrogens with zero attached hydrogens (tertiary/aromatic N) is 4. The first-order valence-corrected chi connectivity index (χ1v) is 15.2. The largest absolute Gasteiger partial charge is 0.494 e. The fraction of sp³-hybridized carbons (Fsp3) is 0.257. The molecule has 1 aliphatic rings. The van der Waals surface area contributed by atoms with E-state index in [1.165, 1.54) is 0 Å². The van der Waals surface area contributed by atoms with Crippen molar-refractivity contribution in [2.75, 3.05) is 19.8 Å². The quantitative estimate of drug-likeness (QED) is 0.0695. The number of nitrogens with one attached hydrogen (secondary N) is 1. The Morgan fingerprint density at radius 3 is 2.53 bits per heavy atom. The maximum atomic E-state index is 14.5. The number of hydrogen-bond donors (Lipinski definition) is 2. The number of benzene rings is 4. The smallest absolute Gasteiger partial charge is 0.252 e. The summed E-state index contributed by atoms with van der Waals surface area (Å²) in [6.07, 6.45) is 0.567. The first-order chi connectivity index (χ1) is 22.0. The summed E-state index contributed by atoms with van der Waals surface area (Å²) in [5.41, 5.74) is 11.8. The maximum Gasteiger partial charge on any atom is 0.252 e. The van der Waals surface area contributed by atoms with Gasteiger partial charge < -0.3 is 19.9 Å². The molecule has 0 unspecified atom stereocenters. The van der Waals surface area contributed by atoms with Gasteiger partial charge in [0.25, 0.3) is 5.91 Å². The Morgan fingerprint density at radius 2 is 1.78 bits per heavy atom. The molecule has 2 N–H and O–H groups in total. The summed E-state index contributed by atoms with van der Waals surface area (Å²) in [5, 5.41) is 16.6. The molecule has 4 aromatic carbocycles. The van der Waals surface area contributed by atoms with E-state index >= 15 is 0 Å². The first-order valence-electron chi connectivity index (χ1n) is 14.8. The van der Waals surface area contributed by atoms with Gasteiger partial charge in [0.1, 0.15) is 5.75 Å². The number of hydrogen-bond acceptors (Lipinski definition) is 6. The Balaban J connectivity index is 1.55. The SMILES string of the molecule is [N-]=[N+]=NCc1ccccc1[C@H]1OC(c2ccc(OCCCO)cc2)=N[C@@]1(Cc1ccccc1)C(=O)NCCc1cccc(Cl)c1. The second kappa shape index (κ2) is 15.3. The summed E-state index contributed by atoms with van der Waals surface area (Å²) in [4.78, 5) is 22.5. The molecule has 0 saturated heterocycles. The summed E-state index contributed by atoms with van der Waals surface area (Å²) >= 11 is 6.19. The number of aliphatic hydroxyl groups is 1. The molecule has 0 spiro atoms. The molecule has 1 heterocycles. The topological polar surface area (TPSA) is 129 Å². The van der Waals surface area contributed by atoms with Crippen LogP contribution in [0, 0.1) is 0 Å². The maximum absolute atomic E-state index is 14.5. The van der Waals surface area contributed by atoms with E-state index in [1.54, 1.807) is 0 Å². The van der Waals surface area contributed by atoms with E-state index in [1.807, 2.05) is 103 Å². The zero-order valence-corrected chi connectivity index (χ0v) is 25.4. The van der Waals surface area contributed by atoms with Crippen molar-refractivity contribution >= 4 is 23.4 Å². The van der Waals surface area contributed by atoms with Crippen LogP contribution in [0.3, 0.4) is 0 Å². The molecule has 0 saturated carbocycles. The Morgan fingerprint density at radius 1 is 1.02 bits per heavy atom. The third-order valence-corrected chi connectivity index (χ3v) is 7.81. The summed E-state index contributed by atoms with van der Waals surface area (Å²) in [6, 6.07) is 32.1. The van der Waals surface area contributed by atoms with E-state index in [0.717, 1.165) is 16.7 Å². The van der Waals surface area contributed by atoms with Gasteiger partial charge in [-0.1, -0.05) is 83.4 Å². The van der Waals surface area contributed by atoms with Gasteiger partial charge in [0.05, 0.1) is 13.2 Å². The monoisotopic (exact) mass is 623 g/mol. The predicted octanol–water partition coefficient (Wildman–Crippen LogP) is 6.77. The van der Waals surface area contributed by atoms with Crippen LogP contribution in [0.5, 0.6) is 5.75 Å². The summed E-state index contributed by atoms with van der Waals surface area (Å²) in [5.74, 6) is 0.689. The molecule has 230 valence electrons. The fourth-order valence-electron chi connectivity index (χ4n) is 5.37. The summed E-state index contributed by atoms with van der Waals surface area (Å²) < 4.78 is 12.3. The molecular formula is C35H34ClN5O4. The van der Waals surface area contributed by atoms with E-state index in [0.29, 0.717) is 53.8 Å². The van der Waals surface area contributed by atoms with Crippen LogP contribution in [-0.2, 0) is 28.9 Å². The number of rotatable bonds is 14. The highest BCUT2D eigenvalue weighted by Gasteiger charge is 2.53. The standard InChI is InChI=1S/C35H34ClN5O4/c36-29-12-6-10-25(22-29)18-19-38-34(43)35(23-26-8-2-1-3-9-26)32(31-13-5-4-11-28(31)24-39-41-37)45-33(40-35)27-14-16-30(17-15-27)44-21-7-20-42/h1-6,8-17,22,32,42H,7,18-21,23-24H2,(H,38,43)/t32-,35-/m1/s1. The molecule has 5 rings (SSSR count). The molecule has 0 fully saturated rings. The van der Waals surface area contributed by atoms with Crippen LogP contribution in [0.25, 0.3) is 10.4 Å². The molecular weight excluding hydrogens is 590 g/mol. The molecule has 0 aromatic heterocycles. The van der Waals surface area contributed by atoms with Gasteiger partial charge in [-0.3, -0.25) is 4.79 Å². The third kappa shape index (κ3) is 7.83. The molecule has 0 aliphatic carbocycles. The van der Waals surface area contributed by atoms with E-state index in [4.69, 9.17) is 36.7 Å². The van der Waals surface area contributed by atoms with Gasteiger partial charge in [0, 0.05) is 41.5 Å². The number of halogens is 1. The Bertz CT molecular complexity index is 1680. The summed E-state index contributed by atoms with van der Waals surface area (Å²) in [6.45, 7) is 0.913. The number of aliphatic hydroxyl groups excluding tert-OH is 1. The van der Waals surface area contributed by atoms with Crippen LogP contribution in [0.1, 0.15) is 40.3 Å². The summed E-state index contributed by atoms with van der Waals surface area (Å²) in [7, 11) is 0. The average Bonchev–Trinajstić information content (AvgIpc) is 3.45. The lowest BCUT2D eigenvalue weighted by molar-refractivity contribution is -0.128. The molecule has 10 heteroatoms. The van der Waals surface area contributed by atoms with E-state index in [-0.39, 0.29) is 25.5 Å². The normalized spacial score (nSPS) is 17.1. The van der Waals surface area contributed by atoms with Crippen molar-refractivity contribution in [3.05, 3.63) is 146 Å². The van der Waals surface area contributed by atoms with Gasteiger partial charge in [-0.15, -0.1) is 0 Å². The van der Waals surface area contributed by atoms with Gasteiger partial charge in [-0.25, -0.2) is 4.99 Å². The molecule has 45 heavy (non-hydrogen) atoms. The van der Waals surface area contributed by atoms with Crippen LogP contribution in [-0.4, -0.2) is 42.2 Å². The lowest BCUT2D eigenvalue weighted by Gasteiger charge is -2.32. The number of carbonyl (C=O) groups is 1. The first kappa shape index (κ1) is 31.6. The molecule has 9 nitrogen and oxygen atoms in total. The van der Waals surface area contributed by atoms with Crippen LogP contribution < -0.4 is 10.1 Å². The minimum absolute atomic E-state index is 0.0515.